The molecule has 0 aromatic rings. The van der Waals surface area contributed by atoms with Crippen molar-refractivity contribution in [2.45, 2.75) is 62.2 Å². The van der Waals surface area contributed by atoms with Crippen molar-refractivity contribution in [3.63, 3.8) is 0 Å². The van der Waals surface area contributed by atoms with E-state index in [1.165, 1.54) is 61.1 Å². The summed E-state index contributed by atoms with van der Waals surface area (Å²) in [5.41, 5.74) is 0. The van der Waals surface area contributed by atoms with Gasteiger partial charge in [0.2, 0.25) is 0 Å². The molecule has 0 aliphatic heterocycles. The molecular formula is C20H42I2N2O4. The summed E-state index contributed by atoms with van der Waals surface area (Å²) in [4.78, 5) is 17.9. The van der Waals surface area contributed by atoms with E-state index in [0.717, 1.165) is 7.85 Å². The molecule has 0 aromatic carbocycles. The zero-order chi connectivity index (χ0) is 23.0. The van der Waals surface area contributed by atoms with Gasteiger partial charge < -0.3 is 28.8 Å². The lowest BCUT2D eigenvalue weighted by Crippen LogP contribution is -2.47. The summed E-state index contributed by atoms with van der Waals surface area (Å²) in [7, 11) is 4.70. The molecule has 0 saturated carbocycles. The Kier molecular flexibility index (Phi) is 21.3. The number of carbonyl (C=O) groups excluding carboxylic acids is 2. The Hall–Kier alpha value is 0.320. The van der Waals surface area contributed by atoms with Crippen molar-refractivity contribution in [3.05, 3.63) is 0 Å². The van der Waals surface area contributed by atoms with Gasteiger partial charge in [0.25, 0.3) is 0 Å². The Bertz CT molecular complexity index is 377. The van der Waals surface area contributed by atoms with Crippen molar-refractivity contribution in [1.29, 1.82) is 0 Å². The third-order valence-electron chi connectivity index (χ3n) is 5.38. The van der Waals surface area contributed by atoms with Gasteiger partial charge >= 0.3 is 0 Å². The molecule has 0 rings (SSSR count). The van der Waals surface area contributed by atoms with Gasteiger partial charge in [0.15, 0.2) is 0 Å². The van der Waals surface area contributed by atoms with Gasteiger partial charge in [0.05, 0.1) is 73.2 Å². The van der Waals surface area contributed by atoms with Crippen molar-refractivity contribution in [3.8, 4) is 0 Å². The molecule has 28 heavy (non-hydrogen) atoms. The van der Waals surface area contributed by atoms with E-state index in [4.69, 9.17) is 19.8 Å². The molecule has 6 nitrogen and oxygen atoms in total. The van der Waals surface area contributed by atoms with Gasteiger partial charge in [-0.3, -0.25) is 0 Å². The Labute approximate surface area is 200 Å². The maximum atomic E-state index is 8.93. The summed E-state index contributed by atoms with van der Waals surface area (Å²) in [6.45, 7) is 21.3. The number of hydrogen-bond donors (Lipinski definition) is 0. The zero-order valence-electron chi connectivity index (χ0n) is 19.1. The Morgan fingerprint density at radius 1 is 0.679 bits per heavy atom. The number of nitrogens with zero attached hydrogens (tertiary/aromatic N) is 2. The lowest BCUT2D eigenvalue weighted by atomic mass is 10.3. The standard InChI is InChI=1S/2C9H21IN.C2H2O4/c2*1-5-9(10)8-11(4,6-2)7-3;3-1(4)2(5)6/h2*9H,5-8H2,1-4H3;(H,3,4)(H,5,6)/q2*+1;/p-2. The minimum atomic E-state index is -2.19. The number of quaternary nitrogens is 2. The van der Waals surface area contributed by atoms with Crippen LogP contribution in [-0.2, 0) is 9.59 Å². The molecule has 2 unspecified atom stereocenters. The normalized spacial score (nSPS) is 13.4. The summed E-state index contributed by atoms with van der Waals surface area (Å²) in [6.07, 6.45) is 2.60. The van der Waals surface area contributed by atoms with Crippen molar-refractivity contribution >= 4 is 57.1 Å². The molecule has 0 saturated heterocycles. The van der Waals surface area contributed by atoms with E-state index in [-0.39, 0.29) is 0 Å². The number of aliphatic carboxylic acids is 2. The molecule has 0 bridgehead atoms. The first kappa shape index (κ1) is 33.0. The fourth-order valence-electron chi connectivity index (χ4n) is 2.18. The van der Waals surface area contributed by atoms with E-state index in [2.05, 4.69) is 101 Å². The maximum absolute atomic E-state index is 8.93. The predicted octanol–water partition coefficient (Wildman–Crippen LogP) is 1.86. The van der Waals surface area contributed by atoms with Crippen LogP contribution < -0.4 is 10.2 Å². The number of hydrogen-bond acceptors (Lipinski definition) is 4. The van der Waals surface area contributed by atoms with E-state index >= 15 is 0 Å². The molecule has 2 atom stereocenters. The average Bonchev–Trinajstić information content (AvgIpc) is 2.68. The first-order valence-electron chi connectivity index (χ1n) is 10.2. The van der Waals surface area contributed by atoms with Crippen LogP contribution in [0.4, 0.5) is 0 Å². The summed E-state index contributed by atoms with van der Waals surface area (Å²) in [5, 5.41) is 17.9. The van der Waals surface area contributed by atoms with Gasteiger partial charge in [-0.1, -0.05) is 59.0 Å². The molecule has 0 spiro atoms. The van der Waals surface area contributed by atoms with Crippen LogP contribution in [0.2, 0.25) is 0 Å². The highest BCUT2D eigenvalue weighted by Crippen LogP contribution is 2.13. The second-order valence-electron chi connectivity index (χ2n) is 7.46. The van der Waals surface area contributed by atoms with Crippen LogP contribution in [-0.4, -0.2) is 82.1 Å². The topological polar surface area (TPSA) is 80.3 Å². The van der Waals surface area contributed by atoms with Gasteiger partial charge in [-0.05, 0) is 40.5 Å². The summed E-state index contributed by atoms with van der Waals surface area (Å²) >= 11 is 5.12. The first-order valence-corrected chi connectivity index (χ1v) is 12.7. The third-order valence-corrected chi connectivity index (χ3v) is 7.93. The fraction of sp³-hybridized carbons (Fsp3) is 0.900. The quantitative estimate of drug-likeness (QED) is 0.160. The molecule has 170 valence electrons. The van der Waals surface area contributed by atoms with E-state index in [9.17, 15) is 0 Å². The monoisotopic (exact) mass is 628 g/mol. The Balaban J connectivity index is -0.000000351. The smallest absolute Gasteiger partial charge is 0.0903 e. The summed E-state index contributed by atoms with van der Waals surface area (Å²) in [5.74, 6) is -4.37. The van der Waals surface area contributed by atoms with E-state index in [1.807, 2.05) is 0 Å². The first-order chi connectivity index (χ1) is 12.8. The number of alkyl halides is 2. The molecule has 0 radical (unpaired) electrons. The van der Waals surface area contributed by atoms with Crippen molar-refractivity contribution in [2.24, 2.45) is 0 Å². The SMILES string of the molecule is CCC(I)C[N+](C)(CC)CC.CCC(I)C[N+](C)(CC)CC.O=C([O-])C(=O)[O-]. The molecule has 0 aliphatic rings. The average molecular weight is 628 g/mol. The second-order valence-corrected chi connectivity index (χ2v) is 11.0. The molecule has 0 heterocycles. The molecule has 0 fully saturated rings. The summed E-state index contributed by atoms with van der Waals surface area (Å²) in [6, 6.07) is 0. The number of carbonyl (C=O) groups is 2. The maximum Gasteiger partial charge on any atom is 0.0903 e. The van der Waals surface area contributed by atoms with E-state index in [1.54, 1.807) is 0 Å². The van der Waals surface area contributed by atoms with Crippen LogP contribution >= 0.6 is 45.2 Å². The third kappa shape index (κ3) is 18.4. The Morgan fingerprint density at radius 3 is 1.00 bits per heavy atom. The van der Waals surface area contributed by atoms with Gasteiger partial charge in [-0.15, -0.1) is 0 Å². The fourth-order valence-corrected chi connectivity index (χ4v) is 4.08. The number of carboxylic acid groups (broad SMARTS) is 2. The van der Waals surface area contributed by atoms with Crippen LogP contribution in [0.1, 0.15) is 54.4 Å². The predicted molar refractivity (Wildman–Crippen MR) is 130 cm³/mol. The van der Waals surface area contributed by atoms with E-state index < -0.39 is 11.9 Å². The molecule has 0 amide bonds. The van der Waals surface area contributed by atoms with Crippen LogP contribution in [0, 0.1) is 0 Å². The van der Waals surface area contributed by atoms with Crippen LogP contribution in [0.3, 0.4) is 0 Å². The van der Waals surface area contributed by atoms with Gasteiger partial charge in [-0.25, -0.2) is 0 Å². The number of rotatable bonds is 10. The second kappa shape index (κ2) is 18.1. The Morgan fingerprint density at radius 2 is 0.893 bits per heavy atom. The lowest BCUT2D eigenvalue weighted by molar-refractivity contribution is -0.905. The van der Waals surface area contributed by atoms with Gasteiger partial charge in [-0.2, -0.15) is 0 Å². The molecular weight excluding hydrogens is 586 g/mol. The minimum absolute atomic E-state index is 0.845. The molecule has 0 N–H and O–H groups in total. The van der Waals surface area contributed by atoms with Gasteiger partial charge in [0.1, 0.15) is 0 Å². The van der Waals surface area contributed by atoms with Crippen molar-refractivity contribution in [1.82, 2.24) is 0 Å². The largest absolute Gasteiger partial charge is 0.543 e. The van der Waals surface area contributed by atoms with Gasteiger partial charge in [0, 0.05) is 0 Å². The van der Waals surface area contributed by atoms with Crippen molar-refractivity contribution < 1.29 is 28.8 Å². The van der Waals surface area contributed by atoms with Crippen LogP contribution in [0.15, 0.2) is 0 Å². The molecule has 0 aromatic heterocycles. The minimum Gasteiger partial charge on any atom is -0.543 e. The summed E-state index contributed by atoms with van der Waals surface area (Å²) < 4.78 is 4.14. The lowest BCUT2D eigenvalue weighted by Gasteiger charge is -2.33. The highest BCUT2D eigenvalue weighted by atomic mass is 127. The molecule has 8 heteroatoms. The van der Waals surface area contributed by atoms with E-state index in [0.29, 0.717) is 0 Å². The van der Waals surface area contributed by atoms with Crippen LogP contribution in [0.25, 0.3) is 0 Å². The molecule has 0 aliphatic carbocycles. The van der Waals surface area contributed by atoms with Crippen LogP contribution in [0.5, 0.6) is 0 Å². The number of halogens is 2. The highest BCUT2D eigenvalue weighted by molar-refractivity contribution is 14.1. The zero-order valence-corrected chi connectivity index (χ0v) is 23.4. The number of carboxylic acids is 2. The van der Waals surface area contributed by atoms with Crippen molar-refractivity contribution in [2.75, 3.05) is 53.4 Å². The highest BCUT2D eigenvalue weighted by Gasteiger charge is 2.20.